The average molecular weight is 261 g/mol. The van der Waals surface area contributed by atoms with Crippen molar-refractivity contribution in [2.24, 2.45) is 5.16 Å². The average Bonchev–Trinajstić information content (AvgIpc) is 1.94. The lowest BCUT2D eigenvalue weighted by Crippen LogP contribution is -2.31. The number of carbonyl (C=O) groups is 1. The molecule has 0 fully saturated rings. The first-order valence-electron chi connectivity index (χ1n) is 5.43. The van der Waals surface area contributed by atoms with Crippen molar-refractivity contribution in [3.8, 4) is 0 Å². The van der Waals surface area contributed by atoms with Crippen LogP contribution in [0.2, 0.25) is 39.3 Å². The molecule has 0 rings (SSSR count). The molecule has 0 heterocycles. The summed E-state index contributed by atoms with van der Waals surface area (Å²) in [5, 5.41) is 3.99. The Labute approximate surface area is 100 Å². The Balaban J connectivity index is 4.60. The van der Waals surface area contributed by atoms with Crippen molar-refractivity contribution in [3.05, 3.63) is 0 Å². The first-order valence-corrected chi connectivity index (χ1v) is 12.2. The Morgan fingerprint density at radius 1 is 1.06 bits per heavy atom. The smallest absolute Gasteiger partial charge is 0.278 e. The van der Waals surface area contributed by atoms with E-state index in [1.165, 1.54) is 6.92 Å². The summed E-state index contributed by atoms with van der Waals surface area (Å²) < 4.78 is 11.1. The third-order valence-corrected chi connectivity index (χ3v) is 2.73. The monoisotopic (exact) mass is 261 g/mol. The second kappa shape index (κ2) is 5.63. The second-order valence-electron chi connectivity index (χ2n) is 5.78. The van der Waals surface area contributed by atoms with Gasteiger partial charge in [-0.2, -0.15) is 0 Å². The van der Waals surface area contributed by atoms with E-state index in [-0.39, 0.29) is 12.2 Å². The van der Waals surface area contributed by atoms with Crippen LogP contribution < -0.4 is 0 Å². The summed E-state index contributed by atoms with van der Waals surface area (Å²) in [6, 6.07) is 0. The highest BCUT2D eigenvalue weighted by molar-refractivity contribution is 6.71. The van der Waals surface area contributed by atoms with Gasteiger partial charge in [0.1, 0.15) is 5.78 Å². The van der Waals surface area contributed by atoms with Gasteiger partial charge in [-0.05, 0) is 46.2 Å². The number of hydrogen-bond donors (Lipinski definition) is 0. The van der Waals surface area contributed by atoms with E-state index in [1.54, 1.807) is 0 Å². The maximum atomic E-state index is 11.1. The van der Waals surface area contributed by atoms with E-state index in [0.29, 0.717) is 5.90 Å². The van der Waals surface area contributed by atoms with Crippen LogP contribution in [0.3, 0.4) is 0 Å². The van der Waals surface area contributed by atoms with Gasteiger partial charge >= 0.3 is 0 Å². The lowest BCUT2D eigenvalue weighted by Gasteiger charge is -2.21. The van der Waals surface area contributed by atoms with E-state index >= 15 is 0 Å². The maximum absolute atomic E-state index is 11.1. The molecule has 0 aliphatic heterocycles. The van der Waals surface area contributed by atoms with Crippen LogP contribution in [0.15, 0.2) is 5.16 Å². The van der Waals surface area contributed by atoms with Gasteiger partial charge in [-0.15, -0.1) is 0 Å². The van der Waals surface area contributed by atoms with Gasteiger partial charge in [0.25, 0.3) is 8.32 Å². The number of nitrogens with zero attached hydrogens (tertiary/aromatic N) is 1. The van der Waals surface area contributed by atoms with Crippen LogP contribution in [0.1, 0.15) is 13.3 Å². The summed E-state index contributed by atoms with van der Waals surface area (Å²) in [5.74, 6) is 0.463. The molecule has 0 amide bonds. The lowest BCUT2D eigenvalue weighted by molar-refractivity contribution is -0.116. The Morgan fingerprint density at radius 3 is 1.88 bits per heavy atom. The van der Waals surface area contributed by atoms with Crippen molar-refractivity contribution in [2.45, 2.75) is 52.6 Å². The molecule has 0 saturated carbocycles. The molecule has 0 aliphatic carbocycles. The Hall–Kier alpha value is -0.626. The third kappa shape index (κ3) is 9.91. The van der Waals surface area contributed by atoms with Crippen molar-refractivity contribution < 1.29 is 13.7 Å². The van der Waals surface area contributed by atoms with Crippen molar-refractivity contribution >= 4 is 28.3 Å². The molecule has 0 aromatic heterocycles. The fraction of sp³-hybridized carbons (Fsp3) is 0.800. The van der Waals surface area contributed by atoms with Gasteiger partial charge in [0.2, 0.25) is 14.2 Å². The minimum atomic E-state index is -1.73. The van der Waals surface area contributed by atoms with E-state index < -0.39 is 16.6 Å². The van der Waals surface area contributed by atoms with E-state index in [2.05, 4.69) is 24.8 Å². The zero-order valence-corrected chi connectivity index (χ0v) is 13.4. The predicted molar refractivity (Wildman–Crippen MR) is 71.6 cm³/mol. The fourth-order valence-corrected chi connectivity index (χ4v) is 2.03. The number of hydrogen-bond acceptors (Lipinski definition) is 4. The third-order valence-electron chi connectivity index (χ3n) is 1.25. The molecule has 6 heteroatoms. The molecule has 94 valence electrons. The van der Waals surface area contributed by atoms with Crippen LogP contribution in [0.4, 0.5) is 0 Å². The SMILES string of the molecule is CC(=O)C/C(=N/O[Si](C)(C)C)O[Si](C)(C)C. The second-order valence-corrected chi connectivity index (χ2v) is 14.6. The first-order chi connectivity index (χ1) is 6.99. The summed E-state index contributed by atoms with van der Waals surface area (Å²) in [5.41, 5.74) is 0. The minimum Gasteiger partial charge on any atom is -0.532 e. The number of carbonyl (C=O) groups excluding carboxylic acids is 1. The summed E-state index contributed by atoms with van der Waals surface area (Å²) >= 11 is 0. The van der Waals surface area contributed by atoms with Crippen molar-refractivity contribution in [1.82, 2.24) is 0 Å². The molecule has 0 aliphatic rings. The van der Waals surface area contributed by atoms with Gasteiger partial charge in [0, 0.05) is 0 Å². The standard InChI is InChI=1S/C10H23NO3Si2/c1-9(12)8-10(13-15(2,3)4)11-14-16(5,6)7/h8H2,1-7H3/b11-10-. The first kappa shape index (κ1) is 15.4. The normalized spacial score (nSPS) is 13.6. The number of oxime groups is 1. The van der Waals surface area contributed by atoms with E-state index in [0.717, 1.165) is 0 Å². The highest BCUT2D eigenvalue weighted by atomic mass is 28.4. The molecule has 0 unspecified atom stereocenters. The van der Waals surface area contributed by atoms with Crippen LogP contribution in [0.25, 0.3) is 0 Å². The fourth-order valence-electron chi connectivity index (χ4n) is 0.841. The molecule has 16 heavy (non-hydrogen) atoms. The Bertz CT molecular complexity index is 277. The molecule has 0 bridgehead atoms. The van der Waals surface area contributed by atoms with E-state index in [1.807, 2.05) is 19.6 Å². The van der Waals surface area contributed by atoms with Crippen LogP contribution in [-0.2, 0) is 13.7 Å². The number of ketones is 1. The van der Waals surface area contributed by atoms with Crippen LogP contribution in [-0.4, -0.2) is 28.3 Å². The molecule has 0 saturated heterocycles. The molecule has 0 aromatic carbocycles. The summed E-state index contributed by atoms with van der Waals surface area (Å²) in [4.78, 5) is 11.1. The van der Waals surface area contributed by atoms with Crippen molar-refractivity contribution in [2.75, 3.05) is 0 Å². The van der Waals surface area contributed by atoms with Gasteiger partial charge in [0.05, 0.1) is 6.42 Å². The van der Waals surface area contributed by atoms with Crippen molar-refractivity contribution in [3.63, 3.8) is 0 Å². The predicted octanol–water partition coefficient (Wildman–Crippen LogP) is 2.98. The molecular weight excluding hydrogens is 238 g/mol. The maximum Gasteiger partial charge on any atom is 0.278 e. The summed E-state index contributed by atoms with van der Waals surface area (Å²) in [7, 11) is -3.44. The highest BCUT2D eigenvalue weighted by Crippen LogP contribution is 2.09. The zero-order chi connectivity index (χ0) is 13.0. The minimum absolute atomic E-state index is 0.0381. The molecule has 0 spiro atoms. The topological polar surface area (TPSA) is 47.9 Å². The molecule has 0 aromatic rings. The van der Waals surface area contributed by atoms with Gasteiger partial charge < -0.3 is 8.95 Å². The van der Waals surface area contributed by atoms with Gasteiger partial charge in [-0.1, -0.05) is 5.16 Å². The zero-order valence-electron chi connectivity index (χ0n) is 11.4. The number of rotatable bonds is 5. The van der Waals surface area contributed by atoms with Gasteiger partial charge in [-0.3, -0.25) is 4.79 Å². The van der Waals surface area contributed by atoms with Crippen LogP contribution in [0, 0.1) is 0 Å². The molecule has 4 nitrogen and oxygen atoms in total. The Kier molecular flexibility index (Phi) is 5.41. The molecular formula is C10H23NO3Si2. The summed E-state index contributed by atoms with van der Waals surface area (Å²) in [6.07, 6.45) is 0.217. The lowest BCUT2D eigenvalue weighted by atomic mass is 10.3. The van der Waals surface area contributed by atoms with Gasteiger partial charge in [0.15, 0.2) is 0 Å². The van der Waals surface area contributed by atoms with Crippen LogP contribution >= 0.6 is 0 Å². The van der Waals surface area contributed by atoms with Crippen molar-refractivity contribution in [1.29, 1.82) is 0 Å². The summed E-state index contributed by atoms with van der Waals surface area (Å²) in [6.45, 7) is 13.8. The van der Waals surface area contributed by atoms with Crippen LogP contribution in [0.5, 0.6) is 0 Å². The van der Waals surface area contributed by atoms with E-state index in [4.69, 9.17) is 8.95 Å². The highest BCUT2D eigenvalue weighted by Gasteiger charge is 2.22. The van der Waals surface area contributed by atoms with Gasteiger partial charge in [-0.25, -0.2) is 0 Å². The molecule has 0 atom stereocenters. The number of Topliss-reactive ketones (excluding diaryl/α,β-unsaturated/α-hetero) is 1. The molecule has 0 N–H and O–H groups in total. The quantitative estimate of drug-likeness (QED) is 0.331. The largest absolute Gasteiger partial charge is 0.532 e. The molecule has 0 radical (unpaired) electrons. The van der Waals surface area contributed by atoms with E-state index in [9.17, 15) is 4.79 Å². The Morgan fingerprint density at radius 2 is 1.56 bits per heavy atom.